The molecule has 0 aliphatic carbocycles. The van der Waals surface area contributed by atoms with Gasteiger partial charge >= 0.3 is 0 Å². The van der Waals surface area contributed by atoms with Gasteiger partial charge in [0, 0.05) is 42.3 Å². The maximum absolute atomic E-state index is 5.55. The lowest BCUT2D eigenvalue weighted by molar-refractivity contribution is 0.568. The van der Waals surface area contributed by atoms with E-state index in [-0.39, 0.29) is 21.7 Å². The summed E-state index contributed by atoms with van der Waals surface area (Å²) in [5.74, 6) is 0. The van der Waals surface area contributed by atoms with Crippen LogP contribution in [0.2, 0.25) is 0 Å². The molecule has 0 saturated carbocycles. The number of aromatic nitrogens is 4. The predicted octanol–water partition coefficient (Wildman–Crippen LogP) is 15.5. The minimum Gasteiger partial charge on any atom is -0.355 e. The Hall–Kier alpha value is -5.01. The molecule has 59 heavy (non-hydrogen) atoms. The molecule has 5 heteroatoms. The maximum Gasteiger partial charge on any atom is 0.0737 e. The Kier molecular flexibility index (Phi) is 10.1. The van der Waals surface area contributed by atoms with E-state index in [0.717, 1.165) is 78.2 Å². The van der Waals surface area contributed by atoms with Crippen LogP contribution in [-0.4, -0.2) is 19.9 Å². The SMILES string of the molecule is CC(C)(C)c1cc(-c2c3nc(c(-c4ccc(I)cc4)c4ccc([nH]4)c(-c4cc(C(C)(C)C)cc(C(C)(C)C)c4)c4nc(cc5ccc2[nH]5)C=C4)C=C3)cc(C(C)(C)C)c1. The summed E-state index contributed by atoms with van der Waals surface area (Å²) in [7, 11) is 0. The average molecular weight is 889 g/mol. The number of aromatic amines is 2. The fraction of sp³-hybridized carbons (Fsp3) is 0.296. The van der Waals surface area contributed by atoms with E-state index in [4.69, 9.17) is 9.97 Å². The number of nitrogens with one attached hydrogen (secondary N) is 2. The smallest absolute Gasteiger partial charge is 0.0737 e. The Morgan fingerprint density at radius 2 is 0.780 bits per heavy atom. The van der Waals surface area contributed by atoms with Crippen LogP contribution in [-0.2, 0) is 21.7 Å². The number of rotatable bonds is 3. The fourth-order valence-electron chi connectivity index (χ4n) is 7.94. The maximum atomic E-state index is 5.55. The monoisotopic (exact) mass is 888 g/mol. The topological polar surface area (TPSA) is 57.4 Å². The molecule has 2 aliphatic rings. The van der Waals surface area contributed by atoms with E-state index in [1.165, 1.54) is 25.8 Å². The van der Waals surface area contributed by atoms with Crippen molar-refractivity contribution in [1.29, 1.82) is 0 Å². The Balaban J connectivity index is 1.52. The van der Waals surface area contributed by atoms with E-state index >= 15 is 0 Å². The lowest BCUT2D eigenvalue weighted by Crippen LogP contribution is -2.16. The number of hydrogen-bond donors (Lipinski definition) is 2. The molecule has 0 amide bonds. The summed E-state index contributed by atoms with van der Waals surface area (Å²) in [4.78, 5) is 18.6. The van der Waals surface area contributed by atoms with Gasteiger partial charge in [-0.25, -0.2) is 9.97 Å². The largest absolute Gasteiger partial charge is 0.355 e. The molecule has 0 saturated heterocycles. The van der Waals surface area contributed by atoms with E-state index < -0.39 is 0 Å². The summed E-state index contributed by atoms with van der Waals surface area (Å²) in [6.07, 6.45) is 8.68. The van der Waals surface area contributed by atoms with Gasteiger partial charge in [-0.1, -0.05) is 132 Å². The molecule has 2 N–H and O–H groups in total. The van der Waals surface area contributed by atoms with Crippen LogP contribution in [0, 0.1) is 3.57 Å². The van der Waals surface area contributed by atoms with Gasteiger partial charge in [-0.2, -0.15) is 0 Å². The van der Waals surface area contributed by atoms with Crippen molar-refractivity contribution in [3.05, 3.63) is 140 Å². The quantitative estimate of drug-likeness (QED) is 0.174. The molecule has 0 fully saturated rings. The first-order chi connectivity index (χ1) is 27.6. The Morgan fingerprint density at radius 3 is 1.24 bits per heavy atom. The summed E-state index contributed by atoms with van der Waals surface area (Å²) < 4.78 is 1.19. The lowest BCUT2D eigenvalue weighted by Gasteiger charge is -2.26. The van der Waals surface area contributed by atoms with Crippen LogP contribution in [0.1, 0.15) is 128 Å². The third-order valence-electron chi connectivity index (χ3n) is 11.6. The Labute approximate surface area is 364 Å². The molecule has 0 radical (unpaired) electrons. The van der Waals surface area contributed by atoms with Crippen molar-refractivity contribution in [2.75, 3.05) is 0 Å². The number of hydrogen-bond acceptors (Lipinski definition) is 2. The Morgan fingerprint density at radius 1 is 0.390 bits per heavy atom. The van der Waals surface area contributed by atoms with Gasteiger partial charge in [-0.3, -0.25) is 0 Å². The number of nitrogens with zero attached hydrogens (tertiary/aromatic N) is 2. The average Bonchev–Trinajstić information content (AvgIpc) is 3.98. The van der Waals surface area contributed by atoms with Crippen molar-refractivity contribution in [1.82, 2.24) is 19.9 Å². The van der Waals surface area contributed by atoms with Gasteiger partial charge in [0.1, 0.15) is 0 Å². The summed E-state index contributed by atoms with van der Waals surface area (Å²) in [6, 6.07) is 34.0. The van der Waals surface area contributed by atoms with Gasteiger partial charge in [0.2, 0.25) is 0 Å². The molecule has 6 aromatic rings. The predicted molar refractivity (Wildman–Crippen MR) is 263 cm³/mol. The van der Waals surface area contributed by atoms with Crippen molar-refractivity contribution in [3.63, 3.8) is 0 Å². The standard InChI is InChI=1S/C54H57IN4/c1-51(2,3)35-25-33(26-36(29-35)52(4,5)6)49-42-19-17-40(56-42)31-41-18-20-43(57-41)50(34-27-37(53(7,8)9)30-38(28-34)54(10,11)12)47-24-22-45(59-47)48(44-21-23-46(49)58-44)32-13-15-39(55)16-14-32/h13-31,56,59H,1-12H3. The molecular weight excluding hydrogens is 832 g/mol. The van der Waals surface area contributed by atoms with Gasteiger partial charge in [0.15, 0.2) is 0 Å². The van der Waals surface area contributed by atoms with Crippen molar-refractivity contribution in [3.8, 4) is 33.4 Å². The van der Waals surface area contributed by atoms with Crippen LogP contribution in [0.25, 0.3) is 79.8 Å². The highest BCUT2D eigenvalue weighted by atomic mass is 127. The van der Waals surface area contributed by atoms with Crippen molar-refractivity contribution >= 4 is 69.0 Å². The first-order valence-electron chi connectivity index (χ1n) is 20.8. The zero-order valence-electron chi connectivity index (χ0n) is 36.7. The lowest BCUT2D eigenvalue weighted by atomic mass is 9.78. The molecule has 5 heterocycles. The van der Waals surface area contributed by atoms with E-state index in [0.29, 0.717) is 0 Å². The number of H-pyrrole nitrogens is 2. The van der Waals surface area contributed by atoms with Gasteiger partial charge in [-0.15, -0.1) is 0 Å². The minimum atomic E-state index is -0.0370. The molecule has 0 atom stereocenters. The van der Waals surface area contributed by atoms with Crippen LogP contribution >= 0.6 is 22.6 Å². The second kappa shape index (κ2) is 14.6. The van der Waals surface area contributed by atoms with Crippen LogP contribution in [0.5, 0.6) is 0 Å². The van der Waals surface area contributed by atoms with E-state index in [9.17, 15) is 0 Å². The summed E-state index contributed by atoms with van der Waals surface area (Å²) in [5.41, 5.74) is 19.4. The molecular formula is C54H57IN4. The first kappa shape index (κ1) is 40.8. The molecule has 0 unspecified atom stereocenters. The van der Waals surface area contributed by atoms with Crippen LogP contribution in [0.3, 0.4) is 0 Å². The third-order valence-corrected chi connectivity index (χ3v) is 12.3. The second-order valence-corrected chi connectivity index (χ2v) is 21.7. The zero-order chi connectivity index (χ0) is 42.2. The van der Waals surface area contributed by atoms with E-state index in [1.807, 2.05) is 0 Å². The van der Waals surface area contributed by atoms with Crippen LogP contribution in [0.15, 0.2) is 91.0 Å². The number of benzene rings is 3. The molecule has 4 nitrogen and oxygen atoms in total. The van der Waals surface area contributed by atoms with Crippen LogP contribution < -0.4 is 0 Å². The van der Waals surface area contributed by atoms with Gasteiger partial charge < -0.3 is 9.97 Å². The van der Waals surface area contributed by atoms with Crippen LogP contribution in [0.4, 0.5) is 0 Å². The molecule has 300 valence electrons. The first-order valence-corrected chi connectivity index (χ1v) is 21.9. The highest BCUT2D eigenvalue weighted by molar-refractivity contribution is 14.1. The second-order valence-electron chi connectivity index (χ2n) is 20.5. The van der Waals surface area contributed by atoms with Crippen molar-refractivity contribution in [2.45, 2.75) is 105 Å². The van der Waals surface area contributed by atoms with Gasteiger partial charge in [0.25, 0.3) is 0 Å². The summed E-state index contributed by atoms with van der Waals surface area (Å²) >= 11 is 2.39. The third kappa shape index (κ3) is 8.28. The zero-order valence-corrected chi connectivity index (χ0v) is 38.9. The number of fused-ring (bicyclic) bond motifs is 8. The van der Waals surface area contributed by atoms with E-state index in [1.54, 1.807) is 0 Å². The Bertz CT molecular complexity index is 2710. The van der Waals surface area contributed by atoms with Gasteiger partial charge in [0.05, 0.1) is 22.8 Å². The highest BCUT2D eigenvalue weighted by Crippen LogP contribution is 2.41. The highest BCUT2D eigenvalue weighted by Gasteiger charge is 2.25. The fourth-order valence-corrected chi connectivity index (χ4v) is 8.30. The molecule has 8 bridgehead atoms. The van der Waals surface area contributed by atoms with Gasteiger partial charge in [-0.05, 0) is 150 Å². The van der Waals surface area contributed by atoms with E-state index in [2.05, 4.69) is 231 Å². The normalized spacial score (nSPS) is 13.4. The molecule has 0 spiro atoms. The summed E-state index contributed by atoms with van der Waals surface area (Å²) in [5, 5.41) is 0. The number of halogens is 1. The van der Waals surface area contributed by atoms with Crippen molar-refractivity contribution in [2.24, 2.45) is 0 Å². The molecule has 8 rings (SSSR count). The molecule has 3 aromatic carbocycles. The van der Waals surface area contributed by atoms with Crippen molar-refractivity contribution < 1.29 is 0 Å². The summed E-state index contributed by atoms with van der Waals surface area (Å²) in [6.45, 7) is 27.6. The molecule has 3 aromatic heterocycles. The minimum absolute atomic E-state index is 0.0370. The molecule has 2 aliphatic heterocycles.